The Hall–Kier alpha value is -10.3. The highest BCUT2D eigenvalue weighted by Gasteiger charge is 2.38. The second-order valence-electron chi connectivity index (χ2n) is 24.5. The Balaban J connectivity index is 0.000000266. The summed E-state index contributed by atoms with van der Waals surface area (Å²) in [5.41, 5.74) is 7.55. The number of nitrogens with zero attached hydrogens (tertiary/aromatic N) is 8. The zero-order valence-electron chi connectivity index (χ0n) is 56.6. The Labute approximate surface area is 574 Å². The number of carboxylic acids is 2. The molecule has 9 N–H and O–H groups in total. The summed E-state index contributed by atoms with van der Waals surface area (Å²) in [4.78, 5) is 100. The SMILES string of the molecule is Cc1nc(NC[C@H](NC(=O)OCc2ccccc2)C(=O)O)c(C)c(N2CCC(c3ccc4c(n3)NCCC4)CC2)n1.Cc1nc(NC[C@H](NC(=O)OCc2ccccc2)C(=O)OC(C)(C)C)c(C)c(N2CCC(c3ccc4c(n3)NCCC4)CC2)n1.FC(F)F.O=C(O)C(F)(F)F.O=CO. The van der Waals surface area contributed by atoms with Gasteiger partial charge >= 0.3 is 42.9 Å². The number of amides is 2. The quantitative estimate of drug-likeness (QED) is 0.0167. The number of hydrogen-bond acceptors (Lipinski definition) is 21. The summed E-state index contributed by atoms with van der Waals surface area (Å²) >= 11 is 0. The number of ether oxygens (including phenoxy) is 3. The molecule has 4 aromatic heterocycles. The minimum atomic E-state index is -5.08. The number of piperidine rings is 2. The molecule has 8 heterocycles. The Morgan fingerprint density at radius 3 is 1.33 bits per heavy atom. The molecule has 0 unspecified atom stereocenters. The van der Waals surface area contributed by atoms with Gasteiger partial charge in [-0.3, -0.25) is 4.79 Å². The summed E-state index contributed by atoms with van der Waals surface area (Å²) in [5.74, 6) is 2.43. The molecule has 2 saturated heterocycles. The lowest BCUT2D eigenvalue weighted by Gasteiger charge is -2.34. The Morgan fingerprint density at radius 2 is 0.970 bits per heavy atom. The number of fused-ring (bicyclic) bond motifs is 2. The highest BCUT2D eigenvalue weighted by atomic mass is 19.4. The number of aryl methyl sites for hydroxylation is 4. The normalized spacial score (nSPS) is 14.9. The van der Waals surface area contributed by atoms with Gasteiger partial charge < -0.3 is 71.2 Å². The molecule has 100 heavy (non-hydrogen) atoms. The zero-order valence-corrected chi connectivity index (χ0v) is 56.6. The fraction of sp³-hybridized carbons (Fsp3) is 0.471. The van der Waals surface area contributed by atoms with Crippen molar-refractivity contribution in [2.45, 2.75) is 155 Å². The molecular formula is C68H86F6N14O12. The monoisotopic (exact) mass is 1400 g/mol. The molecule has 10 rings (SSSR count). The van der Waals surface area contributed by atoms with Crippen LogP contribution in [0.25, 0.3) is 0 Å². The van der Waals surface area contributed by atoms with Crippen LogP contribution in [0, 0.1) is 27.7 Å². The predicted molar refractivity (Wildman–Crippen MR) is 361 cm³/mol. The maximum atomic E-state index is 13.1. The van der Waals surface area contributed by atoms with Gasteiger partial charge in [-0.15, -0.1) is 0 Å². The molecule has 4 aliphatic heterocycles. The molecule has 0 bridgehead atoms. The number of aliphatic carboxylic acids is 2. The third-order valence-electron chi connectivity index (χ3n) is 15.9. The van der Waals surface area contributed by atoms with E-state index in [-0.39, 0.29) is 32.8 Å². The van der Waals surface area contributed by atoms with E-state index in [4.69, 9.17) is 53.9 Å². The van der Waals surface area contributed by atoms with E-state index in [2.05, 4.69) is 75.9 Å². The maximum Gasteiger partial charge on any atom is 0.490 e. The van der Waals surface area contributed by atoms with Crippen molar-refractivity contribution in [3.05, 3.63) is 141 Å². The molecule has 0 saturated carbocycles. The first-order valence-corrected chi connectivity index (χ1v) is 32.4. The number of benzene rings is 2. The molecule has 0 spiro atoms. The third-order valence-corrected chi connectivity index (χ3v) is 15.9. The fourth-order valence-corrected chi connectivity index (χ4v) is 11.1. The van der Waals surface area contributed by atoms with Crippen molar-refractivity contribution < 1.29 is 84.6 Å². The van der Waals surface area contributed by atoms with E-state index in [0.717, 1.165) is 148 Å². The number of alkyl carbamates (subject to hydrolysis) is 2. The molecule has 2 atom stereocenters. The van der Waals surface area contributed by atoms with Gasteiger partial charge in [0.25, 0.3) is 6.47 Å². The number of halogens is 6. The van der Waals surface area contributed by atoms with Crippen LogP contribution < -0.4 is 41.7 Å². The van der Waals surface area contributed by atoms with Crippen molar-refractivity contribution in [3.63, 3.8) is 0 Å². The third kappa shape index (κ3) is 25.5. The molecule has 2 amide bonds. The molecule has 26 nitrogen and oxygen atoms in total. The number of pyridine rings is 2. The maximum absolute atomic E-state index is 13.1. The molecule has 0 radical (unpaired) electrons. The average molecular weight is 1410 g/mol. The van der Waals surface area contributed by atoms with Crippen molar-refractivity contribution in [1.29, 1.82) is 0 Å². The minimum absolute atomic E-state index is 0.0517. The fourth-order valence-electron chi connectivity index (χ4n) is 11.1. The summed E-state index contributed by atoms with van der Waals surface area (Å²) < 4.78 is 76.9. The number of alkyl halides is 6. The minimum Gasteiger partial charge on any atom is -0.483 e. The first-order chi connectivity index (χ1) is 47.5. The van der Waals surface area contributed by atoms with Crippen molar-refractivity contribution in [3.8, 4) is 0 Å². The van der Waals surface area contributed by atoms with Crippen molar-refractivity contribution in [2.75, 3.05) is 83.4 Å². The number of rotatable bonds is 18. The van der Waals surface area contributed by atoms with Gasteiger partial charge in [-0.1, -0.05) is 72.8 Å². The van der Waals surface area contributed by atoms with E-state index in [9.17, 15) is 50.6 Å². The van der Waals surface area contributed by atoms with Gasteiger partial charge in [-0.05, 0) is 134 Å². The lowest BCUT2D eigenvalue weighted by Crippen LogP contribution is -2.48. The summed E-state index contributed by atoms with van der Waals surface area (Å²) in [6.45, 7) is 14.5. The van der Waals surface area contributed by atoms with Crippen LogP contribution in [0.1, 0.15) is 128 Å². The van der Waals surface area contributed by atoms with Crippen molar-refractivity contribution in [1.82, 2.24) is 40.5 Å². The highest BCUT2D eigenvalue weighted by Crippen LogP contribution is 2.36. The summed E-state index contributed by atoms with van der Waals surface area (Å²) in [6.07, 6.45) is 1.77. The first-order valence-electron chi connectivity index (χ1n) is 32.4. The van der Waals surface area contributed by atoms with Crippen LogP contribution in [-0.4, -0.2) is 165 Å². The van der Waals surface area contributed by atoms with Crippen molar-refractivity contribution in [2.24, 2.45) is 0 Å². The highest BCUT2D eigenvalue weighted by molar-refractivity contribution is 5.83. The van der Waals surface area contributed by atoms with E-state index in [1.807, 2.05) is 88.4 Å². The smallest absolute Gasteiger partial charge is 0.483 e. The van der Waals surface area contributed by atoms with E-state index < -0.39 is 60.6 Å². The summed E-state index contributed by atoms with van der Waals surface area (Å²) in [7, 11) is 0. The predicted octanol–water partition coefficient (Wildman–Crippen LogP) is 10.8. The van der Waals surface area contributed by atoms with Gasteiger partial charge in [0.05, 0.1) is 0 Å². The van der Waals surface area contributed by atoms with E-state index in [1.54, 1.807) is 20.8 Å². The van der Waals surface area contributed by atoms with E-state index >= 15 is 0 Å². The van der Waals surface area contributed by atoms with Gasteiger partial charge in [-0.25, -0.2) is 53.9 Å². The van der Waals surface area contributed by atoms with E-state index in [1.165, 1.54) is 11.1 Å². The molecule has 2 fully saturated rings. The molecule has 542 valence electrons. The molecule has 4 aliphatic rings. The summed E-state index contributed by atoms with van der Waals surface area (Å²) in [6, 6.07) is 25.2. The Morgan fingerprint density at radius 1 is 0.600 bits per heavy atom. The average Bonchev–Trinajstić information content (AvgIpc) is 0.809. The summed E-state index contributed by atoms with van der Waals surface area (Å²) in [5, 5.41) is 42.1. The van der Waals surface area contributed by atoms with Crippen LogP contribution in [-0.2, 0) is 59.4 Å². The largest absolute Gasteiger partial charge is 0.490 e. The van der Waals surface area contributed by atoms with Crippen LogP contribution >= 0.6 is 0 Å². The number of anilines is 6. The van der Waals surface area contributed by atoms with Crippen LogP contribution in [0.15, 0.2) is 84.9 Å². The topological polar surface area (TPSA) is 347 Å². The zero-order chi connectivity index (χ0) is 73.1. The molecular weight excluding hydrogens is 1320 g/mol. The number of nitrogens with one attached hydrogen (secondary N) is 6. The van der Waals surface area contributed by atoms with Crippen molar-refractivity contribution >= 4 is 71.5 Å². The number of carbonyl (C=O) groups is 6. The number of esters is 1. The Bertz CT molecular complexity index is 3660. The first kappa shape index (κ1) is 78.7. The van der Waals surface area contributed by atoms with Gasteiger partial charge in [0.15, 0.2) is 0 Å². The lowest BCUT2D eigenvalue weighted by molar-refractivity contribution is -0.192. The standard InChI is InChI=1S/C34H45N7O4.C30H37N7O4.C2HF3O2.CHF3.CH2O2/c1-22-29(36-20-28(32(42)45-34(3,4)5)40-33(43)44-21-24-10-7-6-8-11-24)37-23(2)38-31(22)41-18-15-25(16-19-41)27-14-13-26-12-9-17-35-30(26)39-27;1-19-26(32-17-25(29(38)39)36-30(40)41-18-21-7-4-3-5-8-21)33-20(2)34-28(19)37-15-12-22(13-16-37)24-11-10-23-9-6-14-31-27(23)35-24;3-2(4,5)1(6)7;2-1(3)4;2-1-3/h6-8,10-11,13-14,25,28H,9,12,15-21H2,1-5H3,(H,35,39)(H,40,43)(H,36,37,38);3-5,7-8,10-11,22,25H,6,9,12-18H2,1-2H3,(H,31,35)(H,36,40)(H,38,39)(H,32,33,34);(H,6,7);1H;1H,(H,2,3)/t28-;25-;;;/m00.../s1. The van der Waals surface area contributed by atoms with Gasteiger partial charge in [0.2, 0.25) is 0 Å². The number of carboxylic acid groups (broad SMARTS) is 3. The lowest BCUT2D eigenvalue weighted by atomic mass is 9.92. The number of aromatic nitrogens is 6. The van der Waals surface area contributed by atoms with Gasteiger partial charge in [-0.2, -0.15) is 26.3 Å². The number of hydrogen-bond donors (Lipinski definition) is 9. The molecule has 32 heteroatoms. The van der Waals surface area contributed by atoms with Crippen LogP contribution in [0.5, 0.6) is 0 Å². The molecule has 2 aromatic carbocycles. The van der Waals surface area contributed by atoms with E-state index in [0.29, 0.717) is 35.1 Å². The molecule has 6 aromatic rings. The second kappa shape index (κ2) is 38.2. The van der Waals surface area contributed by atoms with Gasteiger partial charge in [0.1, 0.15) is 77.5 Å². The van der Waals surface area contributed by atoms with Crippen LogP contribution in [0.3, 0.4) is 0 Å². The Kier molecular flexibility index (Phi) is 30.0. The van der Waals surface area contributed by atoms with Crippen LogP contribution in [0.2, 0.25) is 0 Å². The molecule has 0 aliphatic carbocycles. The second-order valence-corrected chi connectivity index (χ2v) is 24.5. The van der Waals surface area contributed by atoms with Gasteiger partial charge in [0, 0.05) is 86.7 Å². The number of carbonyl (C=O) groups excluding carboxylic acids is 3. The van der Waals surface area contributed by atoms with Crippen LogP contribution in [0.4, 0.5) is 70.8 Å².